The molecule has 0 amide bonds. The third-order valence-corrected chi connectivity index (χ3v) is 3.76. The second kappa shape index (κ2) is 6.58. The Morgan fingerprint density at radius 2 is 2.05 bits per heavy atom. The van der Waals surface area contributed by atoms with Gasteiger partial charge in [-0.1, -0.05) is 12.1 Å². The van der Waals surface area contributed by atoms with Gasteiger partial charge in [0.2, 0.25) is 0 Å². The Morgan fingerprint density at radius 1 is 1.35 bits per heavy atom. The predicted octanol–water partition coefficient (Wildman–Crippen LogP) is 1.47. The van der Waals surface area contributed by atoms with E-state index in [1.54, 1.807) is 12.1 Å². The van der Waals surface area contributed by atoms with Crippen LogP contribution in [0.1, 0.15) is 18.0 Å². The molecule has 1 atom stereocenters. The van der Waals surface area contributed by atoms with Gasteiger partial charge in [-0.2, -0.15) is 0 Å². The monoisotopic (exact) mass is 277 g/mol. The molecule has 6 heteroatoms. The van der Waals surface area contributed by atoms with Crippen molar-refractivity contribution in [3.05, 3.63) is 39.9 Å². The lowest BCUT2D eigenvalue weighted by atomic mass is 10.0. The van der Waals surface area contributed by atoms with Crippen molar-refractivity contribution in [2.75, 3.05) is 33.2 Å². The summed E-state index contributed by atoms with van der Waals surface area (Å²) in [6.45, 7) is 3.64. The fraction of sp³-hybridized carbons (Fsp3) is 0.500. The van der Waals surface area contributed by atoms with Crippen LogP contribution in [0.15, 0.2) is 24.3 Å². The molecule has 1 saturated heterocycles. The van der Waals surface area contributed by atoms with Gasteiger partial charge < -0.3 is 9.69 Å². The Hall–Kier alpha value is -1.79. The standard InChI is InChI=1S/C14H19N3O3/c1-15-6-8-16(9-7-15)14(5-10-18)12-3-2-4-13(11-12)17(19)20/h2-4,10-11,14H,5-9H2,1H3. The zero-order valence-electron chi connectivity index (χ0n) is 11.6. The van der Waals surface area contributed by atoms with Gasteiger partial charge in [-0.3, -0.25) is 15.0 Å². The highest BCUT2D eigenvalue weighted by molar-refractivity contribution is 5.52. The summed E-state index contributed by atoms with van der Waals surface area (Å²) in [5.41, 5.74) is 0.920. The van der Waals surface area contributed by atoms with E-state index in [0.29, 0.717) is 6.42 Å². The highest BCUT2D eigenvalue weighted by atomic mass is 16.6. The van der Waals surface area contributed by atoms with Gasteiger partial charge in [0.15, 0.2) is 0 Å². The molecular formula is C14H19N3O3. The summed E-state index contributed by atoms with van der Waals surface area (Å²) in [7, 11) is 2.07. The molecule has 1 aliphatic heterocycles. The minimum atomic E-state index is -0.397. The zero-order chi connectivity index (χ0) is 14.5. The summed E-state index contributed by atoms with van der Waals surface area (Å²) in [5.74, 6) is 0. The largest absolute Gasteiger partial charge is 0.304 e. The van der Waals surface area contributed by atoms with E-state index in [4.69, 9.17) is 0 Å². The van der Waals surface area contributed by atoms with Gasteiger partial charge in [-0.15, -0.1) is 0 Å². The lowest BCUT2D eigenvalue weighted by Gasteiger charge is -2.37. The Kier molecular flexibility index (Phi) is 4.81. The lowest BCUT2D eigenvalue weighted by Crippen LogP contribution is -2.46. The van der Waals surface area contributed by atoms with Crippen LogP contribution < -0.4 is 0 Å². The molecule has 1 aromatic carbocycles. The molecule has 0 saturated carbocycles. The number of nitro benzene ring substituents is 1. The van der Waals surface area contributed by atoms with Gasteiger partial charge >= 0.3 is 0 Å². The highest BCUT2D eigenvalue weighted by Gasteiger charge is 2.24. The molecule has 1 heterocycles. The second-order valence-electron chi connectivity index (χ2n) is 5.11. The van der Waals surface area contributed by atoms with Gasteiger partial charge in [0.25, 0.3) is 5.69 Å². The molecule has 1 fully saturated rings. The first kappa shape index (κ1) is 14.6. The average molecular weight is 277 g/mol. The molecule has 1 aliphatic rings. The summed E-state index contributed by atoms with van der Waals surface area (Å²) < 4.78 is 0. The van der Waals surface area contributed by atoms with Crippen molar-refractivity contribution in [2.24, 2.45) is 0 Å². The fourth-order valence-electron chi connectivity index (χ4n) is 2.57. The molecular weight excluding hydrogens is 258 g/mol. The number of likely N-dealkylation sites (N-methyl/N-ethyl adjacent to an activating group) is 1. The van der Waals surface area contributed by atoms with E-state index in [0.717, 1.165) is 38.0 Å². The maximum Gasteiger partial charge on any atom is 0.269 e. The molecule has 0 aromatic heterocycles. The van der Waals surface area contributed by atoms with Crippen LogP contribution >= 0.6 is 0 Å². The normalized spacial score (nSPS) is 18.6. The summed E-state index contributed by atoms with van der Waals surface area (Å²) in [4.78, 5) is 25.9. The molecule has 0 N–H and O–H groups in total. The molecule has 1 aromatic rings. The second-order valence-corrected chi connectivity index (χ2v) is 5.11. The van der Waals surface area contributed by atoms with E-state index in [9.17, 15) is 14.9 Å². The van der Waals surface area contributed by atoms with Crippen LogP contribution in [0.25, 0.3) is 0 Å². The van der Waals surface area contributed by atoms with Crippen molar-refractivity contribution in [2.45, 2.75) is 12.5 Å². The summed E-state index contributed by atoms with van der Waals surface area (Å²) in [6, 6.07) is 6.53. The van der Waals surface area contributed by atoms with Gasteiger partial charge in [0.05, 0.1) is 4.92 Å². The molecule has 0 spiro atoms. The number of hydrogen-bond acceptors (Lipinski definition) is 5. The Bertz CT molecular complexity index is 484. The van der Waals surface area contributed by atoms with Crippen LogP contribution in [0.4, 0.5) is 5.69 Å². The van der Waals surface area contributed by atoms with Crippen molar-refractivity contribution < 1.29 is 9.72 Å². The topological polar surface area (TPSA) is 66.7 Å². The van der Waals surface area contributed by atoms with Crippen molar-refractivity contribution in [3.8, 4) is 0 Å². The third-order valence-electron chi connectivity index (χ3n) is 3.76. The van der Waals surface area contributed by atoms with Gasteiger partial charge in [0.1, 0.15) is 6.29 Å². The Labute approximate surface area is 118 Å². The molecule has 0 aliphatic carbocycles. The molecule has 108 valence electrons. The van der Waals surface area contributed by atoms with Crippen LogP contribution in [0.5, 0.6) is 0 Å². The van der Waals surface area contributed by atoms with E-state index >= 15 is 0 Å². The molecule has 0 bridgehead atoms. The maximum absolute atomic E-state index is 10.9. The minimum Gasteiger partial charge on any atom is -0.304 e. The van der Waals surface area contributed by atoms with Crippen LogP contribution in [-0.4, -0.2) is 54.2 Å². The number of nitrogens with zero attached hydrogens (tertiary/aromatic N) is 3. The molecule has 0 radical (unpaired) electrons. The highest BCUT2D eigenvalue weighted by Crippen LogP contribution is 2.27. The lowest BCUT2D eigenvalue weighted by molar-refractivity contribution is -0.385. The number of rotatable bonds is 5. The molecule has 1 unspecified atom stereocenters. The van der Waals surface area contributed by atoms with Crippen molar-refractivity contribution >= 4 is 12.0 Å². The number of nitro groups is 1. The smallest absolute Gasteiger partial charge is 0.269 e. The number of carbonyl (C=O) groups excluding carboxylic acids is 1. The first-order valence-electron chi connectivity index (χ1n) is 6.72. The van der Waals surface area contributed by atoms with E-state index in [2.05, 4.69) is 16.8 Å². The predicted molar refractivity (Wildman–Crippen MR) is 75.6 cm³/mol. The minimum absolute atomic E-state index is 0.0684. The Morgan fingerprint density at radius 3 is 2.65 bits per heavy atom. The van der Waals surface area contributed by atoms with Gasteiger partial charge in [-0.25, -0.2) is 0 Å². The SMILES string of the molecule is CN1CCN(C(CC=O)c2cccc([N+](=O)[O-])c2)CC1. The third kappa shape index (κ3) is 3.40. The summed E-state index contributed by atoms with van der Waals surface area (Å²) in [5, 5.41) is 10.9. The quantitative estimate of drug-likeness (QED) is 0.463. The molecule has 2 rings (SSSR count). The van der Waals surface area contributed by atoms with Crippen molar-refractivity contribution in [3.63, 3.8) is 0 Å². The van der Waals surface area contributed by atoms with E-state index in [1.807, 2.05) is 6.07 Å². The maximum atomic E-state index is 10.9. The number of aldehydes is 1. The fourth-order valence-corrected chi connectivity index (χ4v) is 2.57. The average Bonchev–Trinajstić information content (AvgIpc) is 2.46. The van der Waals surface area contributed by atoms with Crippen molar-refractivity contribution in [1.82, 2.24) is 9.80 Å². The molecule has 20 heavy (non-hydrogen) atoms. The van der Waals surface area contributed by atoms with Gasteiger partial charge in [0, 0.05) is 50.8 Å². The van der Waals surface area contributed by atoms with Crippen LogP contribution in [-0.2, 0) is 4.79 Å². The van der Waals surface area contributed by atoms with Crippen LogP contribution in [0.2, 0.25) is 0 Å². The van der Waals surface area contributed by atoms with Gasteiger partial charge in [-0.05, 0) is 12.6 Å². The molecule has 6 nitrogen and oxygen atoms in total. The van der Waals surface area contributed by atoms with Crippen LogP contribution in [0.3, 0.4) is 0 Å². The van der Waals surface area contributed by atoms with E-state index < -0.39 is 4.92 Å². The number of benzene rings is 1. The number of non-ortho nitro benzene ring substituents is 1. The first-order chi connectivity index (χ1) is 9.61. The first-order valence-corrected chi connectivity index (χ1v) is 6.72. The van der Waals surface area contributed by atoms with Crippen LogP contribution in [0, 0.1) is 10.1 Å². The van der Waals surface area contributed by atoms with Crippen molar-refractivity contribution in [1.29, 1.82) is 0 Å². The summed E-state index contributed by atoms with van der Waals surface area (Å²) >= 11 is 0. The Balaban J connectivity index is 2.21. The van der Waals surface area contributed by atoms with E-state index in [-0.39, 0.29) is 11.7 Å². The zero-order valence-corrected chi connectivity index (χ0v) is 11.6. The van der Waals surface area contributed by atoms with E-state index in [1.165, 1.54) is 6.07 Å². The number of piperazine rings is 1. The number of hydrogen-bond donors (Lipinski definition) is 0. The number of carbonyl (C=O) groups is 1. The summed E-state index contributed by atoms with van der Waals surface area (Å²) in [6.07, 6.45) is 1.26.